The van der Waals surface area contributed by atoms with Gasteiger partial charge in [0.05, 0.1) is 12.6 Å². The van der Waals surface area contributed by atoms with Gasteiger partial charge in [-0.15, -0.1) is 0 Å². The maximum absolute atomic E-state index is 13.1. The maximum atomic E-state index is 13.1. The molecule has 158 valence electrons. The molecule has 0 radical (unpaired) electrons. The van der Waals surface area contributed by atoms with Crippen molar-refractivity contribution in [3.8, 4) is 0 Å². The molecule has 0 unspecified atom stereocenters. The monoisotopic (exact) mass is 407 g/mol. The summed E-state index contributed by atoms with van der Waals surface area (Å²) >= 11 is 0. The summed E-state index contributed by atoms with van der Waals surface area (Å²) < 4.78 is 5.24. The van der Waals surface area contributed by atoms with Crippen LogP contribution < -0.4 is 10.6 Å². The Kier molecular flexibility index (Phi) is 7.12. The largest absolute Gasteiger partial charge is 0.449 e. The molecule has 0 saturated heterocycles. The van der Waals surface area contributed by atoms with Gasteiger partial charge in [-0.3, -0.25) is 4.79 Å². The summed E-state index contributed by atoms with van der Waals surface area (Å²) in [6, 6.07) is 16.7. The normalized spacial score (nSPS) is 13.1. The zero-order valence-corrected chi connectivity index (χ0v) is 17.6. The second-order valence-corrected chi connectivity index (χ2v) is 7.89. The summed E-state index contributed by atoms with van der Waals surface area (Å²) in [5.74, 6) is -0.0344. The molecule has 6 nitrogen and oxygen atoms in total. The average molecular weight is 408 g/mol. The number of hydrogen-bond donors (Lipinski definition) is 3. The van der Waals surface area contributed by atoms with Crippen molar-refractivity contribution in [2.24, 2.45) is 5.92 Å². The highest BCUT2D eigenvalue weighted by atomic mass is 16.5. The Balaban J connectivity index is 1.75. The number of amides is 2. The predicted octanol–water partition coefficient (Wildman–Crippen LogP) is 4.34. The molecule has 1 heterocycles. The van der Waals surface area contributed by atoms with Crippen LogP contribution in [0.3, 0.4) is 0 Å². The molecule has 0 spiro atoms. The highest BCUT2D eigenvalue weighted by molar-refractivity contribution is 5.88. The first-order chi connectivity index (χ1) is 14.4. The lowest BCUT2D eigenvalue weighted by Gasteiger charge is -2.22. The third kappa shape index (κ3) is 5.63. The number of fused-ring (bicyclic) bond motifs is 1. The highest BCUT2D eigenvalue weighted by Crippen LogP contribution is 2.20. The molecule has 3 rings (SSSR count). The van der Waals surface area contributed by atoms with Gasteiger partial charge in [-0.2, -0.15) is 0 Å². The second kappa shape index (κ2) is 9.96. The van der Waals surface area contributed by atoms with Crippen molar-refractivity contribution in [2.45, 2.75) is 39.3 Å². The van der Waals surface area contributed by atoms with Crippen LogP contribution in [0.2, 0.25) is 0 Å². The Morgan fingerprint density at radius 3 is 2.40 bits per heavy atom. The van der Waals surface area contributed by atoms with Crippen LogP contribution in [0.1, 0.15) is 37.9 Å². The topological polar surface area (TPSA) is 83.2 Å². The molecule has 3 N–H and O–H groups in total. The van der Waals surface area contributed by atoms with Crippen molar-refractivity contribution in [1.29, 1.82) is 0 Å². The molecule has 0 aliphatic heterocycles. The highest BCUT2D eigenvalue weighted by Gasteiger charge is 2.25. The molecule has 0 aliphatic rings. The van der Waals surface area contributed by atoms with Crippen LogP contribution >= 0.6 is 0 Å². The van der Waals surface area contributed by atoms with Crippen molar-refractivity contribution in [3.05, 3.63) is 71.9 Å². The van der Waals surface area contributed by atoms with Crippen LogP contribution in [0.5, 0.6) is 0 Å². The number of carbonyl (C=O) groups is 2. The van der Waals surface area contributed by atoms with E-state index in [1.165, 1.54) is 0 Å². The molecule has 3 aromatic rings. The zero-order valence-electron chi connectivity index (χ0n) is 17.6. The van der Waals surface area contributed by atoms with E-state index in [1.807, 2.05) is 81.6 Å². The summed E-state index contributed by atoms with van der Waals surface area (Å²) in [6.45, 7) is 6.15. The minimum absolute atomic E-state index is 0.183. The molecule has 0 aliphatic carbocycles. The van der Waals surface area contributed by atoms with Gasteiger partial charge >= 0.3 is 6.09 Å². The van der Waals surface area contributed by atoms with Gasteiger partial charge in [0.15, 0.2) is 0 Å². The first kappa shape index (κ1) is 21.4. The minimum atomic E-state index is -0.755. The van der Waals surface area contributed by atoms with Gasteiger partial charge in [0.1, 0.15) is 6.04 Å². The van der Waals surface area contributed by atoms with Crippen molar-refractivity contribution in [1.82, 2.24) is 15.6 Å². The van der Waals surface area contributed by atoms with Crippen molar-refractivity contribution >= 4 is 22.9 Å². The summed E-state index contributed by atoms with van der Waals surface area (Å²) in [7, 11) is 0. The average Bonchev–Trinajstić information content (AvgIpc) is 3.15. The molecule has 2 atom stereocenters. The third-order valence-electron chi connectivity index (χ3n) is 4.91. The fourth-order valence-corrected chi connectivity index (χ4v) is 3.29. The number of H-pyrrole nitrogens is 1. The van der Waals surface area contributed by atoms with E-state index in [0.717, 1.165) is 22.0 Å². The number of ether oxygens (including phenoxy) is 1. The van der Waals surface area contributed by atoms with Gasteiger partial charge < -0.3 is 20.4 Å². The molecule has 2 amide bonds. The standard InChI is InChI=1S/C24H29N3O3/c1-16(2)15-30-24(29)27-22(13-19-14-25-21-12-8-7-11-20(19)21)23(28)26-17(3)18-9-5-4-6-10-18/h4-12,14,16-17,22,25H,13,15H2,1-3H3,(H,26,28)(H,27,29)/t17-,22+/m1/s1. The fourth-order valence-electron chi connectivity index (χ4n) is 3.29. The van der Waals surface area contributed by atoms with Crippen LogP contribution in [0.15, 0.2) is 60.8 Å². The van der Waals surface area contributed by atoms with Crippen molar-refractivity contribution in [3.63, 3.8) is 0 Å². The Labute approximate surface area is 177 Å². The molecule has 0 fully saturated rings. The number of para-hydroxylation sites is 1. The summed E-state index contributed by atoms with van der Waals surface area (Å²) in [5, 5.41) is 6.78. The number of carbonyl (C=O) groups excluding carboxylic acids is 2. The molecule has 0 bridgehead atoms. The van der Waals surface area contributed by atoms with Crippen molar-refractivity contribution in [2.75, 3.05) is 6.61 Å². The zero-order chi connectivity index (χ0) is 21.5. The van der Waals surface area contributed by atoms with E-state index in [4.69, 9.17) is 4.74 Å². The third-order valence-corrected chi connectivity index (χ3v) is 4.91. The smallest absolute Gasteiger partial charge is 0.407 e. The lowest BCUT2D eigenvalue weighted by Crippen LogP contribution is -2.48. The van der Waals surface area contributed by atoms with E-state index in [9.17, 15) is 9.59 Å². The van der Waals surface area contributed by atoms with Crippen LogP contribution in [0.25, 0.3) is 10.9 Å². The second-order valence-electron chi connectivity index (χ2n) is 7.89. The molecule has 2 aromatic carbocycles. The van der Waals surface area contributed by atoms with E-state index in [2.05, 4.69) is 15.6 Å². The molecule has 1 aromatic heterocycles. The molecule has 30 heavy (non-hydrogen) atoms. The van der Waals surface area contributed by atoms with E-state index in [1.54, 1.807) is 0 Å². The number of aromatic amines is 1. The lowest BCUT2D eigenvalue weighted by atomic mass is 10.0. The van der Waals surface area contributed by atoms with Gasteiger partial charge in [0.2, 0.25) is 5.91 Å². The number of benzene rings is 2. The van der Waals surface area contributed by atoms with Crippen LogP contribution in [0, 0.1) is 5.92 Å². The Hall–Kier alpha value is -3.28. The number of nitrogens with one attached hydrogen (secondary N) is 3. The van der Waals surface area contributed by atoms with Crippen LogP contribution in [0.4, 0.5) is 4.79 Å². The summed E-state index contributed by atoms with van der Waals surface area (Å²) in [6.07, 6.45) is 1.65. The first-order valence-electron chi connectivity index (χ1n) is 10.3. The van der Waals surface area contributed by atoms with Gasteiger partial charge in [0, 0.05) is 23.5 Å². The lowest BCUT2D eigenvalue weighted by molar-refractivity contribution is -0.123. The van der Waals surface area contributed by atoms with Crippen molar-refractivity contribution < 1.29 is 14.3 Å². The first-order valence-corrected chi connectivity index (χ1v) is 10.3. The summed E-state index contributed by atoms with van der Waals surface area (Å²) in [4.78, 5) is 28.6. The Bertz CT molecular complexity index is 982. The number of alkyl carbamates (subject to hydrolysis) is 1. The van der Waals surface area contributed by atoms with Gasteiger partial charge in [0.25, 0.3) is 0 Å². The van der Waals surface area contributed by atoms with E-state index < -0.39 is 12.1 Å². The van der Waals surface area contributed by atoms with E-state index >= 15 is 0 Å². The fraction of sp³-hybridized carbons (Fsp3) is 0.333. The number of aromatic nitrogens is 1. The van der Waals surface area contributed by atoms with E-state index in [0.29, 0.717) is 13.0 Å². The molecular formula is C24H29N3O3. The van der Waals surface area contributed by atoms with Gasteiger partial charge in [-0.1, -0.05) is 62.4 Å². The Morgan fingerprint density at radius 1 is 0.967 bits per heavy atom. The quantitative estimate of drug-likeness (QED) is 0.519. The maximum Gasteiger partial charge on any atom is 0.407 e. The molecular weight excluding hydrogens is 378 g/mol. The van der Waals surface area contributed by atoms with Gasteiger partial charge in [-0.05, 0) is 30.0 Å². The number of rotatable bonds is 8. The van der Waals surface area contributed by atoms with Crippen LogP contribution in [-0.4, -0.2) is 29.6 Å². The van der Waals surface area contributed by atoms with Crippen LogP contribution in [-0.2, 0) is 16.0 Å². The number of hydrogen-bond acceptors (Lipinski definition) is 3. The Morgan fingerprint density at radius 2 is 1.67 bits per heavy atom. The SMILES string of the molecule is CC(C)COC(=O)N[C@@H](Cc1c[nH]c2ccccc12)C(=O)N[C@H](C)c1ccccc1. The molecule has 6 heteroatoms. The molecule has 0 saturated carbocycles. The minimum Gasteiger partial charge on any atom is -0.449 e. The van der Waals surface area contributed by atoms with E-state index in [-0.39, 0.29) is 17.9 Å². The predicted molar refractivity (Wildman–Crippen MR) is 118 cm³/mol. The summed E-state index contributed by atoms with van der Waals surface area (Å²) in [5.41, 5.74) is 2.95. The van der Waals surface area contributed by atoms with Gasteiger partial charge in [-0.25, -0.2) is 4.79 Å².